The summed E-state index contributed by atoms with van der Waals surface area (Å²) in [5, 5.41) is 0. The Labute approximate surface area is 178 Å². The Morgan fingerprint density at radius 2 is 1.57 bits per heavy atom. The van der Waals surface area contributed by atoms with Crippen molar-refractivity contribution in [2.45, 2.75) is 46.1 Å². The highest BCUT2D eigenvalue weighted by molar-refractivity contribution is 7.90. The first-order valence-corrected chi connectivity index (χ1v) is 11.6. The number of esters is 1. The molecular weight excluding hydrogens is 402 g/mol. The lowest BCUT2D eigenvalue weighted by Crippen LogP contribution is -2.36. The molecule has 0 saturated carbocycles. The third kappa shape index (κ3) is 7.99. The van der Waals surface area contributed by atoms with Crippen LogP contribution in [-0.4, -0.2) is 26.0 Å². The molecule has 0 saturated heterocycles. The van der Waals surface area contributed by atoms with Crippen molar-refractivity contribution >= 4 is 21.9 Å². The van der Waals surface area contributed by atoms with Crippen molar-refractivity contribution in [3.05, 3.63) is 71.3 Å². The number of benzene rings is 2. The fraction of sp³-hybridized carbons (Fsp3) is 0.391. The monoisotopic (exact) mass is 431 g/mol. The summed E-state index contributed by atoms with van der Waals surface area (Å²) in [6.45, 7) is 5.99. The van der Waals surface area contributed by atoms with Crippen LogP contribution in [0.5, 0.6) is 0 Å². The van der Waals surface area contributed by atoms with E-state index in [0.29, 0.717) is 5.92 Å². The van der Waals surface area contributed by atoms with Crippen molar-refractivity contribution in [1.82, 2.24) is 4.72 Å². The van der Waals surface area contributed by atoms with Gasteiger partial charge in [-0.3, -0.25) is 14.3 Å². The number of ether oxygens (including phenoxy) is 1. The molecule has 0 aliphatic carbocycles. The Kier molecular flexibility index (Phi) is 8.59. The van der Waals surface area contributed by atoms with Crippen LogP contribution in [0.25, 0.3) is 0 Å². The van der Waals surface area contributed by atoms with Crippen LogP contribution in [0.4, 0.5) is 0 Å². The number of carbonyl (C=O) groups excluding carboxylic acids is 2. The van der Waals surface area contributed by atoms with E-state index in [1.807, 2.05) is 42.5 Å². The molecule has 0 radical (unpaired) electrons. The molecule has 0 heterocycles. The predicted molar refractivity (Wildman–Crippen MR) is 116 cm³/mol. The molecular formula is C23H29NO5S. The van der Waals surface area contributed by atoms with E-state index in [0.717, 1.165) is 17.5 Å². The van der Waals surface area contributed by atoms with Crippen LogP contribution in [0.1, 0.15) is 49.8 Å². The van der Waals surface area contributed by atoms with Crippen LogP contribution in [0.3, 0.4) is 0 Å². The normalized spacial score (nSPS) is 12.4. The van der Waals surface area contributed by atoms with Crippen molar-refractivity contribution in [3.8, 4) is 0 Å². The summed E-state index contributed by atoms with van der Waals surface area (Å²) in [6.07, 6.45) is 0.614. The zero-order valence-corrected chi connectivity index (χ0v) is 18.4. The number of sulfonamides is 1. The highest BCUT2D eigenvalue weighted by Gasteiger charge is 2.22. The highest BCUT2D eigenvalue weighted by atomic mass is 32.2. The lowest BCUT2D eigenvalue weighted by molar-refractivity contribution is -0.144. The zero-order valence-electron chi connectivity index (χ0n) is 17.6. The molecule has 1 unspecified atom stereocenters. The van der Waals surface area contributed by atoms with Gasteiger partial charge in [0.1, 0.15) is 6.61 Å². The molecule has 2 aromatic carbocycles. The van der Waals surface area contributed by atoms with Gasteiger partial charge in [0, 0.05) is 0 Å². The molecule has 1 atom stereocenters. The van der Waals surface area contributed by atoms with Gasteiger partial charge in [-0.25, -0.2) is 8.42 Å². The number of amides is 1. The van der Waals surface area contributed by atoms with Crippen LogP contribution < -0.4 is 4.72 Å². The van der Waals surface area contributed by atoms with E-state index in [1.54, 1.807) is 19.1 Å². The fourth-order valence-corrected chi connectivity index (χ4v) is 3.91. The number of nitrogens with one attached hydrogen (secondary N) is 1. The van der Waals surface area contributed by atoms with Crippen molar-refractivity contribution in [1.29, 1.82) is 0 Å². The summed E-state index contributed by atoms with van der Waals surface area (Å²) in [4.78, 5) is 24.2. The second-order valence-corrected chi connectivity index (χ2v) is 9.58. The molecule has 6 nitrogen and oxygen atoms in total. The predicted octanol–water partition coefficient (Wildman–Crippen LogP) is 3.57. The maximum atomic E-state index is 12.4. The summed E-state index contributed by atoms with van der Waals surface area (Å²) in [6, 6.07) is 16.7. The minimum absolute atomic E-state index is 0.0793. The Morgan fingerprint density at radius 3 is 2.17 bits per heavy atom. The molecule has 0 aliphatic heterocycles. The van der Waals surface area contributed by atoms with Crippen LogP contribution in [-0.2, 0) is 37.4 Å². The first kappa shape index (κ1) is 23.6. The largest absolute Gasteiger partial charge is 0.461 e. The van der Waals surface area contributed by atoms with Crippen molar-refractivity contribution in [3.63, 3.8) is 0 Å². The molecule has 162 valence electrons. The Bertz CT molecular complexity index is 937. The van der Waals surface area contributed by atoms with E-state index in [1.165, 1.54) is 5.56 Å². The summed E-state index contributed by atoms with van der Waals surface area (Å²) >= 11 is 0. The van der Waals surface area contributed by atoms with Gasteiger partial charge in [0.05, 0.1) is 18.1 Å². The van der Waals surface area contributed by atoms with Crippen molar-refractivity contribution < 1.29 is 22.7 Å². The average molecular weight is 432 g/mol. The molecule has 1 N–H and O–H groups in total. The molecule has 0 fully saturated rings. The van der Waals surface area contributed by atoms with Gasteiger partial charge >= 0.3 is 5.97 Å². The van der Waals surface area contributed by atoms with E-state index >= 15 is 0 Å². The van der Waals surface area contributed by atoms with Gasteiger partial charge in [0.15, 0.2) is 0 Å². The Hall–Kier alpha value is -2.67. The van der Waals surface area contributed by atoms with Crippen molar-refractivity contribution in [2.24, 2.45) is 5.92 Å². The average Bonchev–Trinajstić information content (AvgIpc) is 2.71. The Balaban J connectivity index is 1.83. The SMILES string of the molecule is CC(C)Cc1ccc(C(C)C(=O)NS(=O)(=O)CCC(=O)OCc2ccccc2)cc1. The molecule has 0 aromatic heterocycles. The molecule has 0 spiro atoms. The topological polar surface area (TPSA) is 89.5 Å². The molecule has 30 heavy (non-hydrogen) atoms. The number of hydrogen-bond acceptors (Lipinski definition) is 5. The second-order valence-electron chi connectivity index (χ2n) is 7.74. The van der Waals surface area contributed by atoms with Crippen LogP contribution in [0.15, 0.2) is 54.6 Å². The van der Waals surface area contributed by atoms with Crippen LogP contribution in [0, 0.1) is 5.92 Å². The number of carbonyl (C=O) groups is 2. The smallest absolute Gasteiger partial charge is 0.307 e. The van der Waals surface area contributed by atoms with Crippen molar-refractivity contribution in [2.75, 3.05) is 5.75 Å². The Morgan fingerprint density at radius 1 is 0.933 bits per heavy atom. The maximum absolute atomic E-state index is 12.4. The molecule has 2 aromatic rings. The van der Waals surface area contributed by atoms with E-state index in [4.69, 9.17) is 4.74 Å². The second kappa shape index (κ2) is 10.9. The van der Waals surface area contributed by atoms with E-state index in [2.05, 4.69) is 18.6 Å². The van der Waals surface area contributed by atoms with Gasteiger partial charge in [0.25, 0.3) is 0 Å². The van der Waals surface area contributed by atoms with Gasteiger partial charge in [0.2, 0.25) is 15.9 Å². The van der Waals surface area contributed by atoms with Gasteiger partial charge in [-0.1, -0.05) is 68.4 Å². The quantitative estimate of drug-likeness (QED) is 0.581. The third-order valence-corrected chi connectivity index (χ3v) is 5.84. The molecule has 2 rings (SSSR count). The van der Waals surface area contributed by atoms with Gasteiger partial charge < -0.3 is 4.74 Å². The minimum Gasteiger partial charge on any atom is -0.461 e. The standard InChI is InChI=1S/C23H29NO5S/c1-17(2)15-19-9-11-21(12-10-19)18(3)23(26)24-30(27,28)14-13-22(25)29-16-20-7-5-4-6-8-20/h4-12,17-18H,13-16H2,1-3H3,(H,24,26). The highest BCUT2D eigenvalue weighted by Crippen LogP contribution is 2.18. The van der Waals surface area contributed by atoms with E-state index in [9.17, 15) is 18.0 Å². The lowest BCUT2D eigenvalue weighted by atomic mass is 9.96. The van der Waals surface area contributed by atoms with Crippen LogP contribution >= 0.6 is 0 Å². The van der Waals surface area contributed by atoms with Crippen LogP contribution in [0.2, 0.25) is 0 Å². The molecule has 1 amide bonds. The molecule has 0 bridgehead atoms. The number of rotatable bonds is 10. The summed E-state index contributed by atoms with van der Waals surface area (Å²) in [5.74, 6) is -1.86. The zero-order chi connectivity index (χ0) is 22.1. The first-order chi connectivity index (χ1) is 14.2. The molecule has 0 aliphatic rings. The fourth-order valence-electron chi connectivity index (χ4n) is 2.89. The van der Waals surface area contributed by atoms with E-state index < -0.39 is 33.6 Å². The van der Waals surface area contributed by atoms with E-state index in [-0.39, 0.29) is 13.0 Å². The summed E-state index contributed by atoms with van der Waals surface area (Å²) in [7, 11) is -3.94. The molecule has 7 heteroatoms. The number of hydrogen-bond donors (Lipinski definition) is 1. The summed E-state index contributed by atoms with van der Waals surface area (Å²) < 4.78 is 31.5. The van der Waals surface area contributed by atoms with Gasteiger partial charge in [-0.05, 0) is 36.0 Å². The maximum Gasteiger partial charge on any atom is 0.307 e. The van der Waals surface area contributed by atoms with Gasteiger partial charge in [-0.15, -0.1) is 0 Å². The van der Waals surface area contributed by atoms with Gasteiger partial charge in [-0.2, -0.15) is 0 Å². The summed E-state index contributed by atoms with van der Waals surface area (Å²) in [5.41, 5.74) is 2.72. The third-order valence-electron chi connectivity index (χ3n) is 4.59. The lowest BCUT2D eigenvalue weighted by Gasteiger charge is -2.14. The first-order valence-electron chi connectivity index (χ1n) is 9.99. The minimum atomic E-state index is -3.94.